The van der Waals surface area contributed by atoms with E-state index in [1.54, 1.807) is 33.9 Å². The first kappa shape index (κ1) is 16.1. The van der Waals surface area contributed by atoms with Crippen molar-refractivity contribution in [2.75, 3.05) is 13.6 Å². The van der Waals surface area contributed by atoms with Gasteiger partial charge < -0.3 is 9.64 Å². The van der Waals surface area contributed by atoms with Crippen molar-refractivity contribution >= 4 is 11.9 Å². The van der Waals surface area contributed by atoms with Crippen LogP contribution >= 0.6 is 0 Å². The van der Waals surface area contributed by atoms with Crippen LogP contribution in [0.5, 0.6) is 0 Å². The van der Waals surface area contributed by atoms with Gasteiger partial charge in [0.05, 0.1) is 0 Å². The standard InChI is InChI=1S/C15H20FNO3/c1-15(2,3)20-14(19)17(4)9-8-13(18)11-6-5-7-12(16)10-11/h5-7,10H,8-9H2,1-4H3. The molecule has 0 fully saturated rings. The first-order chi connectivity index (χ1) is 9.19. The average Bonchev–Trinajstić information content (AvgIpc) is 2.33. The molecule has 20 heavy (non-hydrogen) atoms. The molecule has 1 rings (SSSR count). The average molecular weight is 281 g/mol. The number of hydrogen-bond donors (Lipinski definition) is 0. The van der Waals surface area contributed by atoms with Gasteiger partial charge in [-0.2, -0.15) is 0 Å². The van der Waals surface area contributed by atoms with Crippen molar-refractivity contribution in [3.05, 3.63) is 35.6 Å². The summed E-state index contributed by atoms with van der Waals surface area (Å²) in [5.41, 5.74) is -0.264. The van der Waals surface area contributed by atoms with Crippen LogP contribution in [0.4, 0.5) is 9.18 Å². The van der Waals surface area contributed by atoms with Crippen LogP contribution in [0.1, 0.15) is 37.6 Å². The van der Waals surface area contributed by atoms with E-state index in [1.807, 2.05) is 0 Å². The van der Waals surface area contributed by atoms with E-state index in [2.05, 4.69) is 0 Å². The van der Waals surface area contributed by atoms with Crippen LogP contribution in [0.15, 0.2) is 24.3 Å². The number of carbonyl (C=O) groups excluding carboxylic acids is 2. The third kappa shape index (κ3) is 5.38. The molecule has 0 aliphatic heterocycles. The van der Waals surface area contributed by atoms with E-state index in [9.17, 15) is 14.0 Å². The largest absolute Gasteiger partial charge is 0.444 e. The zero-order valence-corrected chi connectivity index (χ0v) is 12.3. The van der Waals surface area contributed by atoms with Gasteiger partial charge >= 0.3 is 6.09 Å². The zero-order chi connectivity index (χ0) is 15.3. The predicted molar refractivity (Wildman–Crippen MR) is 74.2 cm³/mol. The molecule has 0 N–H and O–H groups in total. The monoisotopic (exact) mass is 281 g/mol. The summed E-state index contributed by atoms with van der Waals surface area (Å²) in [7, 11) is 1.56. The molecule has 0 saturated heterocycles. The summed E-state index contributed by atoms with van der Waals surface area (Å²) in [4.78, 5) is 24.9. The van der Waals surface area contributed by atoms with Crippen molar-refractivity contribution in [2.45, 2.75) is 32.8 Å². The summed E-state index contributed by atoms with van der Waals surface area (Å²) in [6, 6.07) is 5.51. The molecule has 0 aromatic heterocycles. The summed E-state index contributed by atoms with van der Waals surface area (Å²) in [6.45, 7) is 5.55. The number of benzene rings is 1. The molecule has 0 atom stereocenters. The number of nitrogens with zero attached hydrogens (tertiary/aromatic N) is 1. The van der Waals surface area contributed by atoms with Gasteiger partial charge in [-0.1, -0.05) is 12.1 Å². The van der Waals surface area contributed by atoms with Crippen molar-refractivity contribution in [1.29, 1.82) is 0 Å². The van der Waals surface area contributed by atoms with Gasteiger partial charge in [0.25, 0.3) is 0 Å². The maximum atomic E-state index is 13.0. The highest BCUT2D eigenvalue weighted by molar-refractivity contribution is 5.96. The highest BCUT2D eigenvalue weighted by atomic mass is 19.1. The highest BCUT2D eigenvalue weighted by Gasteiger charge is 2.20. The van der Waals surface area contributed by atoms with Crippen LogP contribution in [0.25, 0.3) is 0 Å². The van der Waals surface area contributed by atoms with Gasteiger partial charge in [-0.25, -0.2) is 9.18 Å². The van der Waals surface area contributed by atoms with E-state index in [-0.39, 0.29) is 18.7 Å². The van der Waals surface area contributed by atoms with Crippen LogP contribution in [0.3, 0.4) is 0 Å². The molecular weight excluding hydrogens is 261 g/mol. The van der Waals surface area contributed by atoms with Crippen molar-refractivity contribution in [1.82, 2.24) is 4.90 Å². The lowest BCUT2D eigenvalue weighted by atomic mass is 10.1. The first-order valence-corrected chi connectivity index (χ1v) is 6.42. The minimum atomic E-state index is -0.572. The highest BCUT2D eigenvalue weighted by Crippen LogP contribution is 2.10. The van der Waals surface area contributed by atoms with Crippen molar-refractivity contribution in [3.8, 4) is 0 Å². The Morgan fingerprint density at radius 3 is 2.50 bits per heavy atom. The fraction of sp³-hybridized carbons (Fsp3) is 0.467. The lowest BCUT2D eigenvalue weighted by molar-refractivity contribution is 0.0298. The van der Waals surface area contributed by atoms with Crippen LogP contribution in [0, 0.1) is 5.82 Å². The van der Waals surface area contributed by atoms with Crippen LogP contribution in [-0.2, 0) is 4.74 Å². The lowest BCUT2D eigenvalue weighted by Gasteiger charge is -2.24. The lowest BCUT2D eigenvalue weighted by Crippen LogP contribution is -2.35. The Hall–Kier alpha value is -1.91. The number of amides is 1. The van der Waals surface area contributed by atoms with Crippen LogP contribution in [-0.4, -0.2) is 36.0 Å². The van der Waals surface area contributed by atoms with Gasteiger partial charge in [0.2, 0.25) is 0 Å². The van der Waals surface area contributed by atoms with E-state index in [0.29, 0.717) is 5.56 Å². The fourth-order valence-electron chi connectivity index (χ4n) is 1.51. The van der Waals surface area contributed by atoms with Gasteiger partial charge in [-0.15, -0.1) is 0 Å². The van der Waals surface area contributed by atoms with Crippen LogP contribution in [0.2, 0.25) is 0 Å². The molecule has 1 aromatic carbocycles. The molecule has 5 heteroatoms. The zero-order valence-electron chi connectivity index (χ0n) is 12.3. The van der Waals surface area contributed by atoms with Crippen molar-refractivity contribution in [2.24, 2.45) is 0 Å². The summed E-state index contributed by atoms with van der Waals surface area (Å²) < 4.78 is 18.2. The normalized spacial score (nSPS) is 11.1. The van der Waals surface area contributed by atoms with Crippen molar-refractivity contribution in [3.63, 3.8) is 0 Å². The number of ketones is 1. The summed E-state index contributed by atoms with van der Waals surface area (Å²) in [6.07, 6.45) is -0.358. The van der Waals surface area contributed by atoms with E-state index in [0.717, 1.165) is 0 Å². The Labute approximate surface area is 118 Å². The van der Waals surface area contributed by atoms with Gasteiger partial charge in [0, 0.05) is 25.6 Å². The summed E-state index contributed by atoms with van der Waals surface area (Å²) in [5, 5.41) is 0. The number of hydrogen-bond acceptors (Lipinski definition) is 3. The maximum Gasteiger partial charge on any atom is 0.410 e. The third-order valence-electron chi connectivity index (χ3n) is 2.53. The molecule has 1 amide bonds. The molecule has 0 radical (unpaired) electrons. The molecule has 4 nitrogen and oxygen atoms in total. The number of rotatable bonds is 4. The fourth-order valence-corrected chi connectivity index (χ4v) is 1.51. The smallest absolute Gasteiger partial charge is 0.410 e. The SMILES string of the molecule is CN(CCC(=O)c1cccc(F)c1)C(=O)OC(C)(C)C. The van der Waals surface area contributed by atoms with E-state index in [1.165, 1.54) is 23.1 Å². The van der Waals surface area contributed by atoms with Gasteiger partial charge in [-0.05, 0) is 32.9 Å². The number of ether oxygens (including phenoxy) is 1. The Kier molecular flexibility index (Phi) is 5.25. The molecule has 0 aliphatic carbocycles. The third-order valence-corrected chi connectivity index (χ3v) is 2.53. The Balaban J connectivity index is 2.50. The Bertz CT molecular complexity index is 494. The molecule has 0 spiro atoms. The summed E-state index contributed by atoms with van der Waals surface area (Å²) >= 11 is 0. The molecule has 0 heterocycles. The first-order valence-electron chi connectivity index (χ1n) is 6.42. The summed E-state index contributed by atoms with van der Waals surface area (Å²) in [5.74, 6) is -0.656. The minimum Gasteiger partial charge on any atom is -0.444 e. The minimum absolute atomic E-state index is 0.124. The second-order valence-corrected chi connectivity index (χ2v) is 5.59. The molecule has 1 aromatic rings. The van der Waals surface area contributed by atoms with E-state index >= 15 is 0 Å². The quantitative estimate of drug-likeness (QED) is 0.796. The molecule has 110 valence electrons. The maximum absolute atomic E-state index is 13.0. The van der Waals surface area contributed by atoms with Crippen molar-refractivity contribution < 1.29 is 18.7 Å². The Morgan fingerprint density at radius 2 is 1.95 bits per heavy atom. The number of carbonyl (C=O) groups is 2. The van der Waals surface area contributed by atoms with Crippen LogP contribution < -0.4 is 0 Å². The Morgan fingerprint density at radius 1 is 1.30 bits per heavy atom. The molecule has 0 saturated carbocycles. The number of halogens is 1. The van der Waals surface area contributed by atoms with Gasteiger partial charge in [-0.3, -0.25) is 4.79 Å². The molecule has 0 bridgehead atoms. The molecule has 0 unspecified atom stereocenters. The van der Waals surface area contributed by atoms with Gasteiger partial charge in [0.1, 0.15) is 11.4 Å². The predicted octanol–water partition coefficient (Wildman–Crippen LogP) is 3.27. The molecular formula is C15H20FNO3. The second kappa shape index (κ2) is 6.50. The van der Waals surface area contributed by atoms with E-state index in [4.69, 9.17) is 4.74 Å². The van der Waals surface area contributed by atoms with Gasteiger partial charge in [0.15, 0.2) is 5.78 Å². The molecule has 0 aliphatic rings. The second-order valence-electron chi connectivity index (χ2n) is 5.59. The van der Waals surface area contributed by atoms with E-state index < -0.39 is 17.5 Å². The number of Topliss-reactive ketones (excluding diaryl/α,β-unsaturated/α-hetero) is 1. The topological polar surface area (TPSA) is 46.6 Å².